The Kier molecular flexibility index (Phi) is 6.21. The zero-order valence-electron chi connectivity index (χ0n) is 13.9. The highest BCUT2D eigenvalue weighted by Crippen LogP contribution is 2.21. The lowest BCUT2D eigenvalue weighted by molar-refractivity contribution is -0.167. The van der Waals surface area contributed by atoms with Crippen molar-refractivity contribution in [2.45, 2.75) is 19.0 Å². The number of alkyl halides is 3. The maximum atomic E-state index is 12.3. The first-order valence-corrected chi connectivity index (χ1v) is 7.69. The van der Waals surface area contributed by atoms with Gasteiger partial charge in [-0.2, -0.15) is 13.2 Å². The van der Waals surface area contributed by atoms with Crippen LogP contribution >= 0.6 is 0 Å². The van der Waals surface area contributed by atoms with E-state index in [1.54, 1.807) is 18.5 Å². The molecular formula is C18H17F3N2O3. The maximum absolute atomic E-state index is 12.3. The molecule has 5 nitrogen and oxygen atoms in total. The lowest BCUT2D eigenvalue weighted by Crippen LogP contribution is -2.29. The third-order valence-corrected chi connectivity index (χ3v) is 3.44. The van der Waals surface area contributed by atoms with Crippen molar-refractivity contribution in [3.8, 4) is 5.75 Å². The number of amides is 2. The van der Waals surface area contributed by atoms with Crippen LogP contribution in [0.25, 0.3) is 0 Å². The van der Waals surface area contributed by atoms with Crippen LogP contribution < -0.4 is 15.4 Å². The van der Waals surface area contributed by atoms with Crippen LogP contribution in [0.5, 0.6) is 5.75 Å². The molecule has 0 aliphatic heterocycles. The average Bonchev–Trinajstić information content (AvgIpc) is 2.59. The first kappa shape index (κ1) is 19.3. The van der Waals surface area contributed by atoms with Gasteiger partial charge in [0.25, 0.3) is 0 Å². The van der Waals surface area contributed by atoms with Crippen molar-refractivity contribution in [2.75, 3.05) is 17.7 Å². The number of nitrogens with one attached hydrogen (secondary N) is 2. The number of halogens is 3. The Morgan fingerprint density at radius 2 is 1.65 bits per heavy atom. The van der Waals surface area contributed by atoms with Gasteiger partial charge in [0.15, 0.2) is 0 Å². The fourth-order valence-corrected chi connectivity index (χ4v) is 2.19. The number of anilines is 2. The minimum atomic E-state index is -4.98. The van der Waals surface area contributed by atoms with Gasteiger partial charge in [0, 0.05) is 17.8 Å². The van der Waals surface area contributed by atoms with Gasteiger partial charge in [-0.05, 0) is 42.3 Å². The molecule has 0 saturated heterocycles. The summed E-state index contributed by atoms with van der Waals surface area (Å²) >= 11 is 0. The summed E-state index contributed by atoms with van der Waals surface area (Å²) in [6.07, 6.45) is -4.31. The van der Waals surface area contributed by atoms with Crippen LogP contribution in [0.4, 0.5) is 24.5 Å². The average molecular weight is 366 g/mol. The molecule has 2 rings (SSSR count). The topological polar surface area (TPSA) is 67.4 Å². The molecule has 0 spiro atoms. The van der Waals surface area contributed by atoms with Gasteiger partial charge in [-0.25, -0.2) is 0 Å². The van der Waals surface area contributed by atoms with Crippen LogP contribution in [0.1, 0.15) is 12.0 Å². The number of ether oxygens (including phenoxy) is 1. The van der Waals surface area contributed by atoms with Gasteiger partial charge in [-0.1, -0.05) is 18.2 Å². The standard InChI is InChI=1S/C18H17F3N2O3/c1-26-15-7-2-4-12(10-15)8-9-16(24)22-13-5-3-6-14(11-13)23-17(25)18(19,20)21/h2-7,10-11H,8-9H2,1H3,(H,22,24)(H,23,25). The van der Waals surface area contributed by atoms with E-state index in [-0.39, 0.29) is 18.0 Å². The lowest BCUT2D eigenvalue weighted by atomic mass is 10.1. The van der Waals surface area contributed by atoms with Gasteiger partial charge in [0.1, 0.15) is 5.75 Å². The maximum Gasteiger partial charge on any atom is 0.471 e. The number of methoxy groups -OCH3 is 1. The second kappa shape index (κ2) is 8.37. The molecule has 0 atom stereocenters. The predicted molar refractivity (Wildman–Crippen MR) is 91.1 cm³/mol. The molecule has 2 N–H and O–H groups in total. The molecule has 2 aromatic carbocycles. The lowest BCUT2D eigenvalue weighted by Gasteiger charge is -2.10. The van der Waals surface area contributed by atoms with Crippen molar-refractivity contribution < 1.29 is 27.5 Å². The number of benzene rings is 2. The smallest absolute Gasteiger partial charge is 0.471 e. The van der Waals surface area contributed by atoms with E-state index in [0.717, 1.165) is 5.56 Å². The van der Waals surface area contributed by atoms with Crippen LogP contribution in [-0.2, 0) is 16.0 Å². The summed E-state index contributed by atoms with van der Waals surface area (Å²) in [6, 6.07) is 12.8. The van der Waals surface area contributed by atoms with Crippen molar-refractivity contribution in [1.82, 2.24) is 0 Å². The van der Waals surface area contributed by atoms with E-state index >= 15 is 0 Å². The highest BCUT2D eigenvalue weighted by molar-refractivity contribution is 5.96. The van der Waals surface area contributed by atoms with E-state index in [1.165, 1.54) is 24.3 Å². The molecule has 0 heterocycles. The quantitative estimate of drug-likeness (QED) is 0.818. The van der Waals surface area contributed by atoms with E-state index in [1.807, 2.05) is 18.2 Å². The molecule has 0 saturated carbocycles. The molecule has 8 heteroatoms. The minimum Gasteiger partial charge on any atom is -0.497 e. The third-order valence-electron chi connectivity index (χ3n) is 3.44. The van der Waals surface area contributed by atoms with Gasteiger partial charge in [-0.15, -0.1) is 0 Å². The summed E-state index contributed by atoms with van der Waals surface area (Å²) in [4.78, 5) is 23.0. The van der Waals surface area contributed by atoms with Crippen LogP contribution in [-0.4, -0.2) is 25.1 Å². The minimum absolute atomic E-state index is 0.0575. The van der Waals surface area contributed by atoms with E-state index < -0.39 is 12.1 Å². The molecule has 2 aromatic rings. The molecule has 0 unspecified atom stereocenters. The second-order valence-corrected chi connectivity index (χ2v) is 5.43. The van der Waals surface area contributed by atoms with E-state index in [0.29, 0.717) is 17.9 Å². The van der Waals surface area contributed by atoms with Gasteiger partial charge in [-0.3, -0.25) is 9.59 Å². The van der Waals surface area contributed by atoms with Crippen LogP contribution in [0.2, 0.25) is 0 Å². The molecule has 26 heavy (non-hydrogen) atoms. The normalized spacial score (nSPS) is 10.9. The van der Waals surface area contributed by atoms with Gasteiger partial charge in [0.2, 0.25) is 5.91 Å². The molecule has 0 fully saturated rings. The van der Waals surface area contributed by atoms with Crippen molar-refractivity contribution in [3.63, 3.8) is 0 Å². The third kappa shape index (κ3) is 5.80. The van der Waals surface area contributed by atoms with Crippen LogP contribution in [0.3, 0.4) is 0 Å². The molecular weight excluding hydrogens is 349 g/mol. The van der Waals surface area contributed by atoms with Crippen molar-refractivity contribution in [3.05, 3.63) is 54.1 Å². The van der Waals surface area contributed by atoms with E-state index in [2.05, 4.69) is 5.32 Å². The Balaban J connectivity index is 1.92. The Morgan fingerprint density at radius 3 is 2.31 bits per heavy atom. The molecule has 0 radical (unpaired) electrons. The fraction of sp³-hybridized carbons (Fsp3) is 0.222. The molecule has 0 aliphatic carbocycles. The first-order chi connectivity index (χ1) is 12.3. The van der Waals surface area contributed by atoms with Crippen LogP contribution in [0, 0.1) is 0 Å². The van der Waals surface area contributed by atoms with Crippen molar-refractivity contribution >= 4 is 23.2 Å². The first-order valence-electron chi connectivity index (χ1n) is 7.69. The second-order valence-electron chi connectivity index (χ2n) is 5.43. The number of hydrogen-bond donors (Lipinski definition) is 2. The number of aryl methyl sites for hydroxylation is 1. The largest absolute Gasteiger partial charge is 0.497 e. The number of hydrogen-bond acceptors (Lipinski definition) is 3. The summed E-state index contributed by atoms with van der Waals surface area (Å²) in [5.41, 5.74) is 1.16. The zero-order valence-corrected chi connectivity index (χ0v) is 13.9. The Labute approximate surface area is 148 Å². The van der Waals surface area contributed by atoms with Crippen LogP contribution in [0.15, 0.2) is 48.5 Å². The summed E-state index contributed by atoms with van der Waals surface area (Å²) in [5.74, 6) is -1.68. The summed E-state index contributed by atoms with van der Waals surface area (Å²) in [6.45, 7) is 0. The molecule has 138 valence electrons. The highest BCUT2D eigenvalue weighted by Gasteiger charge is 2.38. The van der Waals surface area contributed by atoms with E-state index in [9.17, 15) is 22.8 Å². The fourth-order valence-electron chi connectivity index (χ4n) is 2.19. The van der Waals surface area contributed by atoms with E-state index in [4.69, 9.17) is 4.74 Å². The molecule has 0 aromatic heterocycles. The van der Waals surface area contributed by atoms with Gasteiger partial charge < -0.3 is 15.4 Å². The molecule has 0 aliphatic rings. The number of carbonyl (C=O) groups excluding carboxylic acids is 2. The van der Waals surface area contributed by atoms with Crippen molar-refractivity contribution in [2.24, 2.45) is 0 Å². The SMILES string of the molecule is COc1cccc(CCC(=O)Nc2cccc(NC(=O)C(F)(F)F)c2)c1. The molecule has 2 amide bonds. The summed E-state index contributed by atoms with van der Waals surface area (Å²) in [7, 11) is 1.55. The summed E-state index contributed by atoms with van der Waals surface area (Å²) in [5, 5.41) is 4.33. The summed E-state index contributed by atoms with van der Waals surface area (Å²) < 4.78 is 41.9. The number of rotatable bonds is 6. The molecule has 0 bridgehead atoms. The van der Waals surface area contributed by atoms with Crippen molar-refractivity contribution in [1.29, 1.82) is 0 Å². The van der Waals surface area contributed by atoms with Gasteiger partial charge >= 0.3 is 12.1 Å². The monoisotopic (exact) mass is 366 g/mol. The predicted octanol–water partition coefficient (Wildman–Crippen LogP) is 3.77. The Morgan fingerprint density at radius 1 is 1.00 bits per heavy atom. The Bertz CT molecular complexity index is 791. The highest BCUT2D eigenvalue weighted by atomic mass is 19.4. The number of carbonyl (C=O) groups is 2. The Hall–Kier alpha value is -3.03. The van der Waals surface area contributed by atoms with Gasteiger partial charge in [0.05, 0.1) is 7.11 Å². The zero-order chi connectivity index (χ0) is 19.2.